The van der Waals surface area contributed by atoms with Crippen LogP contribution >= 0.6 is 22.9 Å². The van der Waals surface area contributed by atoms with Gasteiger partial charge in [-0.15, -0.1) is 11.3 Å². The minimum atomic E-state index is 0.583. The molecule has 2 aromatic rings. The third kappa shape index (κ3) is 2.57. The van der Waals surface area contributed by atoms with Gasteiger partial charge >= 0.3 is 0 Å². The van der Waals surface area contributed by atoms with Crippen molar-refractivity contribution in [3.63, 3.8) is 0 Å². The lowest BCUT2D eigenvalue weighted by molar-refractivity contribution is 1.28. The molecule has 0 bridgehead atoms. The zero-order valence-corrected chi connectivity index (χ0v) is 11.0. The number of aromatic nitrogens is 1. The van der Waals surface area contributed by atoms with Crippen LogP contribution in [0.15, 0.2) is 18.2 Å². The normalized spacial score (nSPS) is 10.0. The minimum absolute atomic E-state index is 0.583. The largest absolute Gasteiger partial charge is 0.338 e. The van der Waals surface area contributed by atoms with E-state index in [1.54, 1.807) is 0 Å². The van der Waals surface area contributed by atoms with Crippen LogP contribution in [0.2, 0.25) is 5.02 Å². The standard InChI is InChI=1S/C12H10ClN3S/c1-7-3-4-9(5-10(7)13)16-12-11(6-14)17-8(2)15-12/h3-5,16H,1-2H3. The number of aryl methyl sites for hydroxylation is 2. The lowest BCUT2D eigenvalue weighted by atomic mass is 10.2. The van der Waals surface area contributed by atoms with E-state index in [1.165, 1.54) is 11.3 Å². The first-order chi connectivity index (χ1) is 8.10. The highest BCUT2D eigenvalue weighted by Gasteiger charge is 2.08. The smallest absolute Gasteiger partial charge is 0.159 e. The van der Waals surface area contributed by atoms with Crippen molar-refractivity contribution in [1.82, 2.24) is 4.98 Å². The van der Waals surface area contributed by atoms with Gasteiger partial charge in [-0.25, -0.2) is 4.98 Å². The van der Waals surface area contributed by atoms with Crippen LogP contribution in [-0.4, -0.2) is 4.98 Å². The summed E-state index contributed by atoms with van der Waals surface area (Å²) in [6, 6.07) is 7.79. The molecule has 0 aliphatic heterocycles. The number of anilines is 2. The average molecular weight is 264 g/mol. The van der Waals surface area contributed by atoms with Gasteiger partial charge in [0.25, 0.3) is 0 Å². The van der Waals surface area contributed by atoms with Gasteiger partial charge in [0.2, 0.25) is 0 Å². The van der Waals surface area contributed by atoms with Crippen molar-refractivity contribution in [3.05, 3.63) is 38.7 Å². The van der Waals surface area contributed by atoms with Gasteiger partial charge < -0.3 is 5.32 Å². The Labute approximate surface area is 109 Å². The zero-order chi connectivity index (χ0) is 12.4. The third-order valence-electron chi connectivity index (χ3n) is 2.27. The van der Waals surface area contributed by atoms with E-state index in [1.807, 2.05) is 32.0 Å². The Hall–Kier alpha value is -1.57. The first-order valence-corrected chi connectivity index (χ1v) is 6.20. The first kappa shape index (κ1) is 11.9. The van der Waals surface area contributed by atoms with Crippen LogP contribution in [0.25, 0.3) is 0 Å². The summed E-state index contributed by atoms with van der Waals surface area (Å²) >= 11 is 7.41. The van der Waals surface area contributed by atoms with Gasteiger partial charge in [0.05, 0.1) is 5.01 Å². The summed E-state index contributed by atoms with van der Waals surface area (Å²) in [5.74, 6) is 0.593. The Bertz CT molecular complexity index is 598. The summed E-state index contributed by atoms with van der Waals surface area (Å²) in [5, 5.41) is 13.6. The highest BCUT2D eigenvalue weighted by Crippen LogP contribution is 2.27. The van der Waals surface area contributed by atoms with Gasteiger partial charge in [-0.1, -0.05) is 17.7 Å². The number of nitrogens with one attached hydrogen (secondary N) is 1. The second kappa shape index (κ2) is 4.74. The molecule has 0 amide bonds. The van der Waals surface area contributed by atoms with E-state index >= 15 is 0 Å². The molecule has 17 heavy (non-hydrogen) atoms. The van der Waals surface area contributed by atoms with Crippen molar-refractivity contribution in [2.45, 2.75) is 13.8 Å². The molecule has 0 aliphatic rings. The monoisotopic (exact) mass is 263 g/mol. The van der Waals surface area contributed by atoms with Gasteiger partial charge in [-0.05, 0) is 31.5 Å². The highest BCUT2D eigenvalue weighted by atomic mass is 35.5. The number of hydrogen-bond donors (Lipinski definition) is 1. The lowest BCUT2D eigenvalue weighted by Crippen LogP contribution is -1.93. The van der Waals surface area contributed by atoms with Crippen LogP contribution in [0.4, 0.5) is 11.5 Å². The summed E-state index contributed by atoms with van der Waals surface area (Å²) < 4.78 is 0. The van der Waals surface area contributed by atoms with Gasteiger partial charge in [0, 0.05) is 10.7 Å². The number of nitriles is 1. The maximum Gasteiger partial charge on any atom is 0.159 e. The Balaban J connectivity index is 2.31. The van der Waals surface area contributed by atoms with Crippen molar-refractivity contribution in [1.29, 1.82) is 5.26 Å². The zero-order valence-electron chi connectivity index (χ0n) is 9.41. The molecular formula is C12H10ClN3S. The maximum absolute atomic E-state index is 8.96. The molecule has 1 N–H and O–H groups in total. The van der Waals surface area contributed by atoms with Crippen molar-refractivity contribution >= 4 is 34.4 Å². The summed E-state index contributed by atoms with van der Waals surface area (Å²) in [6.07, 6.45) is 0. The third-order valence-corrected chi connectivity index (χ3v) is 3.55. The fourth-order valence-corrected chi connectivity index (χ4v) is 2.25. The molecule has 1 aromatic carbocycles. The molecule has 3 nitrogen and oxygen atoms in total. The Morgan fingerprint density at radius 3 is 2.82 bits per heavy atom. The molecular weight excluding hydrogens is 254 g/mol. The van der Waals surface area contributed by atoms with Crippen LogP contribution in [0, 0.1) is 25.2 Å². The van der Waals surface area contributed by atoms with Crippen LogP contribution in [-0.2, 0) is 0 Å². The van der Waals surface area contributed by atoms with Crippen molar-refractivity contribution in [3.8, 4) is 6.07 Å². The Morgan fingerprint density at radius 2 is 2.18 bits per heavy atom. The molecule has 0 aliphatic carbocycles. The van der Waals surface area contributed by atoms with E-state index in [2.05, 4.69) is 16.4 Å². The molecule has 0 saturated carbocycles. The van der Waals surface area contributed by atoms with Crippen molar-refractivity contribution in [2.75, 3.05) is 5.32 Å². The number of nitrogens with zero attached hydrogens (tertiary/aromatic N) is 2. The van der Waals surface area contributed by atoms with Crippen molar-refractivity contribution < 1.29 is 0 Å². The summed E-state index contributed by atoms with van der Waals surface area (Å²) in [4.78, 5) is 4.85. The molecule has 0 spiro atoms. The molecule has 2 rings (SSSR count). The second-order valence-electron chi connectivity index (χ2n) is 3.61. The topological polar surface area (TPSA) is 48.7 Å². The molecule has 0 unspecified atom stereocenters. The fourth-order valence-electron chi connectivity index (χ4n) is 1.39. The second-order valence-corrected chi connectivity index (χ2v) is 5.22. The molecule has 1 aromatic heterocycles. The SMILES string of the molecule is Cc1nc(Nc2ccc(C)c(Cl)c2)c(C#N)s1. The lowest BCUT2D eigenvalue weighted by Gasteiger charge is -2.05. The van der Waals surface area contributed by atoms with Gasteiger partial charge in [-0.2, -0.15) is 5.26 Å². The number of rotatable bonds is 2. The van der Waals surface area contributed by atoms with Crippen molar-refractivity contribution in [2.24, 2.45) is 0 Å². The molecule has 1 heterocycles. The molecule has 0 saturated heterocycles. The number of benzene rings is 1. The van der Waals surface area contributed by atoms with Crippen LogP contribution in [0.5, 0.6) is 0 Å². The van der Waals surface area contributed by atoms with Crippen LogP contribution in [0.1, 0.15) is 15.4 Å². The number of hydrogen-bond acceptors (Lipinski definition) is 4. The summed E-state index contributed by atoms with van der Waals surface area (Å²) in [5.41, 5.74) is 1.86. The molecule has 5 heteroatoms. The molecule has 86 valence electrons. The molecule has 0 radical (unpaired) electrons. The van der Waals surface area contributed by atoms with E-state index in [0.29, 0.717) is 15.7 Å². The predicted octanol–water partition coefficient (Wildman–Crippen LogP) is 4.03. The van der Waals surface area contributed by atoms with E-state index in [4.69, 9.17) is 16.9 Å². The van der Waals surface area contributed by atoms with Crippen LogP contribution in [0.3, 0.4) is 0 Å². The Morgan fingerprint density at radius 1 is 1.41 bits per heavy atom. The average Bonchev–Trinajstić information content (AvgIpc) is 2.64. The predicted molar refractivity (Wildman–Crippen MR) is 71.0 cm³/mol. The van der Waals surface area contributed by atoms with E-state index < -0.39 is 0 Å². The summed E-state index contributed by atoms with van der Waals surface area (Å²) in [6.45, 7) is 3.82. The first-order valence-electron chi connectivity index (χ1n) is 5.01. The number of halogens is 1. The Kier molecular flexibility index (Phi) is 3.32. The minimum Gasteiger partial charge on any atom is -0.338 e. The maximum atomic E-state index is 8.96. The van der Waals surface area contributed by atoms with Crippen LogP contribution < -0.4 is 5.32 Å². The quantitative estimate of drug-likeness (QED) is 0.890. The van der Waals surface area contributed by atoms with Gasteiger partial charge in [-0.3, -0.25) is 0 Å². The summed E-state index contributed by atoms with van der Waals surface area (Å²) in [7, 11) is 0. The van der Waals surface area contributed by atoms with Gasteiger partial charge in [0.1, 0.15) is 10.9 Å². The highest BCUT2D eigenvalue weighted by molar-refractivity contribution is 7.12. The molecule has 0 fully saturated rings. The number of thiazole rings is 1. The molecule has 0 atom stereocenters. The fraction of sp³-hybridized carbons (Fsp3) is 0.167. The van der Waals surface area contributed by atoms with E-state index in [0.717, 1.165) is 16.3 Å². The van der Waals surface area contributed by atoms with E-state index in [9.17, 15) is 0 Å². The van der Waals surface area contributed by atoms with Gasteiger partial charge in [0.15, 0.2) is 5.82 Å². The van der Waals surface area contributed by atoms with E-state index in [-0.39, 0.29) is 0 Å².